The number of allylic oxidation sites excluding steroid dienone is 1. The molecular weight excluding hydrogens is 917 g/mol. The van der Waals surface area contributed by atoms with Gasteiger partial charge >= 0.3 is 0 Å². The smallest absolute Gasteiger partial charge is 0.293 e. The molecule has 8 N–H and O–H groups in total. The van der Waals surface area contributed by atoms with Gasteiger partial charge in [-0.05, 0) is 78.2 Å². The minimum Gasteiger partial charge on any atom is -0.293 e. The van der Waals surface area contributed by atoms with Crippen molar-refractivity contribution < 1.29 is 66.7 Å². The van der Waals surface area contributed by atoms with Gasteiger partial charge < -0.3 is 0 Å². The molecule has 0 spiro atoms. The van der Waals surface area contributed by atoms with Gasteiger partial charge in [-0.2, -0.15) is 64.6 Å². The molecule has 1 aliphatic rings. The Morgan fingerprint density at radius 1 is 0.651 bits per heavy atom. The van der Waals surface area contributed by atoms with Crippen LogP contribution in [0.2, 0.25) is 0 Å². The fourth-order valence-corrected chi connectivity index (χ4v) is 8.05. The van der Waals surface area contributed by atoms with Crippen molar-refractivity contribution in [3.8, 4) is 6.19 Å². The minimum atomic E-state index is -5.07. The maximum Gasteiger partial charge on any atom is 0.296 e. The van der Waals surface area contributed by atoms with Gasteiger partial charge in [-0.25, -0.2) is 0 Å². The second kappa shape index (κ2) is 18.5. The van der Waals surface area contributed by atoms with Gasteiger partial charge in [0.05, 0.1) is 22.7 Å². The van der Waals surface area contributed by atoms with E-state index in [1.165, 1.54) is 36.5 Å². The van der Waals surface area contributed by atoms with E-state index in [9.17, 15) is 66.7 Å². The van der Waals surface area contributed by atoms with Gasteiger partial charge in [0, 0.05) is 0 Å². The fraction of sp³-hybridized carbons (Fsp3) is 0.0588. The number of aliphatic imine (C=N–C) groups is 1. The Kier molecular flexibility index (Phi) is 13.7. The lowest BCUT2D eigenvalue weighted by Gasteiger charge is -2.20. The molecule has 4 aromatic carbocycles. The molecular formula is C34H28N10O15S4. The first-order chi connectivity index (χ1) is 29.4. The van der Waals surface area contributed by atoms with Gasteiger partial charge in [0.15, 0.2) is 0 Å². The molecule has 328 valence electrons. The number of anilines is 2. The van der Waals surface area contributed by atoms with Crippen LogP contribution in [0.15, 0.2) is 124 Å². The Hall–Kier alpha value is -7.14. The first-order valence-electron chi connectivity index (χ1n) is 16.8. The molecule has 1 aliphatic heterocycles. The molecule has 5 rings (SSSR count). The van der Waals surface area contributed by atoms with Gasteiger partial charge in [-0.3, -0.25) is 49.1 Å². The fourth-order valence-electron chi connectivity index (χ4n) is 5.29. The maximum atomic E-state index is 12.4. The molecule has 0 aromatic heterocycles. The zero-order chi connectivity index (χ0) is 46.5. The second-order valence-electron chi connectivity index (χ2n) is 12.4. The number of hydrogen-bond donors (Lipinski definition) is 8. The van der Waals surface area contributed by atoms with Crippen LogP contribution >= 0.6 is 0 Å². The van der Waals surface area contributed by atoms with E-state index in [4.69, 9.17) is 5.26 Å². The lowest BCUT2D eigenvalue weighted by Crippen LogP contribution is -2.58. The van der Waals surface area contributed by atoms with Crippen LogP contribution < -0.4 is 21.2 Å². The summed E-state index contributed by atoms with van der Waals surface area (Å²) in [5, 5.41) is 38.4. The predicted octanol–water partition coefficient (Wildman–Crippen LogP) is 4.05. The number of hydrogen-bond acceptors (Lipinski definition) is 19. The Morgan fingerprint density at radius 2 is 1.13 bits per heavy atom. The molecule has 1 heterocycles. The molecule has 1 saturated heterocycles. The number of hydrazine groups is 1. The number of benzene rings is 4. The number of rotatable bonds is 14. The molecule has 63 heavy (non-hydrogen) atoms. The average Bonchev–Trinajstić information content (AvgIpc) is 3.18. The first kappa shape index (κ1) is 46.9. The number of carbonyl (C=O) groups excluding carboxylic acids is 2. The van der Waals surface area contributed by atoms with Crippen molar-refractivity contribution in [3.63, 3.8) is 0 Å². The van der Waals surface area contributed by atoms with E-state index < -0.39 is 89.6 Å². The van der Waals surface area contributed by atoms with E-state index in [-0.39, 0.29) is 44.6 Å². The highest BCUT2D eigenvalue weighted by atomic mass is 32.2. The molecule has 0 atom stereocenters. The number of amides is 2. The van der Waals surface area contributed by atoms with Gasteiger partial charge in [0.1, 0.15) is 25.3 Å². The molecule has 25 nitrogen and oxygen atoms in total. The molecule has 2 amide bonds. The van der Waals surface area contributed by atoms with E-state index in [0.29, 0.717) is 0 Å². The highest BCUT2D eigenvalue weighted by molar-refractivity contribution is 7.86. The summed E-state index contributed by atoms with van der Waals surface area (Å²) >= 11 is 0. The molecule has 4 aromatic rings. The SMILES string of the molecule is C/C=C/c1ccc(NN(O)c2ccc(/C=C/c3ccc(N=Nc4ccc(N=NC5C(=O)NC(=NC#N)NC5=O)c(S(=O)(=O)O)c4)cc3S(=O)(=O)O)c(S(=O)(=O)O)c2)cc1S(=O)(=O)O. The van der Waals surface area contributed by atoms with E-state index in [2.05, 4.69) is 41.5 Å². The van der Waals surface area contributed by atoms with Crippen molar-refractivity contribution in [1.29, 1.82) is 5.26 Å². The Labute approximate surface area is 356 Å². The van der Waals surface area contributed by atoms with Crippen LogP contribution in [0.25, 0.3) is 18.2 Å². The number of carbonyl (C=O) groups is 2. The van der Waals surface area contributed by atoms with Gasteiger partial charge in [-0.15, -0.1) is 4.99 Å². The average molecular weight is 945 g/mol. The Morgan fingerprint density at radius 3 is 1.67 bits per heavy atom. The number of nitrogens with one attached hydrogen (secondary N) is 3. The molecule has 0 aliphatic carbocycles. The van der Waals surface area contributed by atoms with Crippen LogP contribution in [0, 0.1) is 11.5 Å². The number of azo groups is 2. The normalized spacial score (nSPS) is 15.2. The van der Waals surface area contributed by atoms with Crippen molar-refractivity contribution in [2.24, 2.45) is 25.4 Å². The van der Waals surface area contributed by atoms with Gasteiger partial charge in [0.25, 0.3) is 52.3 Å². The summed E-state index contributed by atoms with van der Waals surface area (Å²) < 4.78 is 137. The predicted molar refractivity (Wildman–Crippen MR) is 218 cm³/mol. The summed E-state index contributed by atoms with van der Waals surface area (Å²) in [6.45, 7) is 1.61. The van der Waals surface area contributed by atoms with E-state index in [0.717, 1.165) is 66.7 Å². The highest BCUT2D eigenvalue weighted by Crippen LogP contribution is 2.32. The van der Waals surface area contributed by atoms with Gasteiger partial charge in [0.2, 0.25) is 18.2 Å². The Balaban J connectivity index is 1.41. The first-order valence-corrected chi connectivity index (χ1v) is 22.6. The highest BCUT2D eigenvalue weighted by Gasteiger charge is 2.34. The van der Waals surface area contributed by atoms with E-state index in [1.807, 2.05) is 0 Å². The summed E-state index contributed by atoms with van der Waals surface area (Å²) in [6, 6.07) is 10.8. The topological polar surface area (TPSA) is 397 Å². The van der Waals surface area contributed by atoms with Crippen molar-refractivity contribution in [2.75, 3.05) is 10.6 Å². The van der Waals surface area contributed by atoms with Crippen molar-refractivity contribution in [1.82, 2.24) is 10.6 Å². The number of nitriles is 1. The molecule has 1 fully saturated rings. The van der Waals surface area contributed by atoms with Gasteiger partial charge in [-0.1, -0.05) is 42.5 Å². The molecule has 0 radical (unpaired) electrons. The quantitative estimate of drug-likeness (QED) is 0.0221. The van der Waals surface area contributed by atoms with Crippen LogP contribution in [-0.4, -0.2) is 80.9 Å². The lowest BCUT2D eigenvalue weighted by molar-refractivity contribution is -0.131. The largest absolute Gasteiger partial charge is 0.296 e. The summed E-state index contributed by atoms with van der Waals surface area (Å²) in [7, 11) is -19.9. The summed E-state index contributed by atoms with van der Waals surface area (Å²) in [4.78, 5) is 24.6. The summed E-state index contributed by atoms with van der Waals surface area (Å²) in [5.41, 5.74) is 0.532. The molecule has 0 saturated carbocycles. The Bertz CT molecular complexity index is 3180. The lowest BCUT2D eigenvalue weighted by atomic mass is 10.1. The zero-order valence-electron chi connectivity index (χ0n) is 31.4. The summed E-state index contributed by atoms with van der Waals surface area (Å²) in [5.74, 6) is -2.60. The van der Waals surface area contributed by atoms with Crippen LogP contribution in [0.5, 0.6) is 0 Å². The van der Waals surface area contributed by atoms with Crippen molar-refractivity contribution >= 4 is 105 Å². The van der Waals surface area contributed by atoms with Crippen LogP contribution in [-0.2, 0) is 50.1 Å². The van der Waals surface area contributed by atoms with Crippen LogP contribution in [0.1, 0.15) is 23.6 Å². The second-order valence-corrected chi connectivity index (χ2v) is 17.9. The van der Waals surface area contributed by atoms with Crippen molar-refractivity contribution in [2.45, 2.75) is 32.5 Å². The minimum absolute atomic E-state index is 0.0782. The third-order valence-electron chi connectivity index (χ3n) is 8.03. The molecule has 0 unspecified atom stereocenters. The standard InChI is InChI=1S/C34H28N10O15S4/c1-2-3-19-7-10-24(16-28(19)61(51,52)53)43-44(47)25-12-8-21(29(17-25)62(54,55)56)5-4-20-6-9-22(14-27(20)60(48,49)50)39-40-23-11-13-26(30(15-23)63(57,58)59)41-42-31-32(45)37-34(36-18-35)38-33(31)46/h2-17,31,43,47H,1H3,(H,48,49,50)(H,51,52,53)(H,54,55,56)(H,57,58,59)(H2,36,37,38,45,46)/b3-2+,5-4+,40-39?,42-41?. The zero-order valence-corrected chi connectivity index (χ0v) is 34.7. The summed E-state index contributed by atoms with van der Waals surface area (Å²) in [6.07, 6.45) is 6.34. The van der Waals surface area contributed by atoms with Crippen LogP contribution in [0.4, 0.5) is 28.4 Å². The monoisotopic (exact) mass is 944 g/mol. The molecule has 0 bridgehead atoms. The van der Waals surface area contributed by atoms with E-state index >= 15 is 0 Å². The van der Waals surface area contributed by atoms with Crippen molar-refractivity contribution in [3.05, 3.63) is 95.6 Å². The third-order valence-corrected chi connectivity index (χ3v) is 11.6. The maximum absolute atomic E-state index is 12.4. The van der Waals surface area contributed by atoms with E-state index in [1.54, 1.807) is 6.92 Å². The number of guanidine groups is 1. The third kappa shape index (κ3) is 11.8. The molecule has 29 heteroatoms. The van der Waals surface area contributed by atoms with Crippen LogP contribution in [0.3, 0.4) is 0 Å². The number of nitrogens with zero attached hydrogens (tertiary/aromatic N) is 7.